The third-order valence-electron chi connectivity index (χ3n) is 2.19. The summed E-state index contributed by atoms with van der Waals surface area (Å²) in [5, 5.41) is 2.93. The number of unbranched alkanes of at least 4 members (excludes halogenated alkanes) is 2. The zero-order valence-corrected chi connectivity index (χ0v) is 11.2. The summed E-state index contributed by atoms with van der Waals surface area (Å²) < 4.78 is 5.43. The molecule has 0 heterocycles. The number of rotatable bonds is 9. The van der Waals surface area contributed by atoms with Gasteiger partial charge in [-0.05, 0) is 39.0 Å². The zero-order chi connectivity index (χ0) is 12.4. The van der Waals surface area contributed by atoms with Gasteiger partial charge in [-0.25, -0.2) is 0 Å². The Balaban J connectivity index is 3.18. The Morgan fingerprint density at radius 1 is 1.12 bits per heavy atom. The fourth-order valence-electron chi connectivity index (χ4n) is 1.39. The zero-order valence-electron chi connectivity index (χ0n) is 11.2. The molecule has 3 heteroatoms. The smallest absolute Gasteiger partial charge is 0.220 e. The fourth-order valence-corrected chi connectivity index (χ4v) is 1.39. The van der Waals surface area contributed by atoms with Gasteiger partial charge in [0, 0.05) is 19.6 Å². The standard InChI is InChI=1S/C13H27NO2/c1-11(2)10-13(15)14-8-6-5-7-9-16-12(3)4/h11-12H,5-10H2,1-4H3,(H,14,15). The summed E-state index contributed by atoms with van der Waals surface area (Å²) >= 11 is 0. The molecule has 96 valence electrons. The van der Waals surface area contributed by atoms with Crippen LogP contribution in [0.5, 0.6) is 0 Å². The summed E-state index contributed by atoms with van der Waals surface area (Å²) in [4.78, 5) is 11.3. The highest BCUT2D eigenvalue weighted by molar-refractivity contribution is 5.75. The van der Waals surface area contributed by atoms with Crippen LogP contribution in [0.3, 0.4) is 0 Å². The molecule has 0 rings (SSSR count). The van der Waals surface area contributed by atoms with Crippen molar-refractivity contribution < 1.29 is 9.53 Å². The molecule has 0 radical (unpaired) electrons. The van der Waals surface area contributed by atoms with Gasteiger partial charge < -0.3 is 10.1 Å². The maximum atomic E-state index is 11.3. The Bertz CT molecular complexity index is 179. The number of hydrogen-bond acceptors (Lipinski definition) is 2. The van der Waals surface area contributed by atoms with Gasteiger partial charge in [-0.1, -0.05) is 13.8 Å². The van der Waals surface area contributed by atoms with Crippen LogP contribution in [0.15, 0.2) is 0 Å². The van der Waals surface area contributed by atoms with E-state index in [-0.39, 0.29) is 5.91 Å². The first-order chi connectivity index (χ1) is 7.52. The molecule has 0 atom stereocenters. The molecule has 0 unspecified atom stereocenters. The Morgan fingerprint density at radius 2 is 1.81 bits per heavy atom. The van der Waals surface area contributed by atoms with Crippen molar-refractivity contribution in [1.29, 1.82) is 0 Å². The van der Waals surface area contributed by atoms with Gasteiger partial charge in [-0.15, -0.1) is 0 Å². The normalized spacial score (nSPS) is 11.1. The molecule has 0 aromatic carbocycles. The minimum Gasteiger partial charge on any atom is -0.379 e. The van der Waals surface area contributed by atoms with E-state index in [0.29, 0.717) is 18.4 Å². The molecular weight excluding hydrogens is 202 g/mol. The Hall–Kier alpha value is -0.570. The summed E-state index contributed by atoms with van der Waals surface area (Å²) in [6.45, 7) is 9.84. The van der Waals surface area contributed by atoms with Crippen LogP contribution < -0.4 is 5.32 Å². The summed E-state index contributed by atoms with van der Waals surface area (Å²) in [6, 6.07) is 0. The summed E-state index contributed by atoms with van der Waals surface area (Å²) in [6.07, 6.45) is 4.21. The lowest BCUT2D eigenvalue weighted by Crippen LogP contribution is -2.25. The van der Waals surface area contributed by atoms with Crippen LogP contribution in [-0.2, 0) is 9.53 Å². The molecular formula is C13H27NO2. The van der Waals surface area contributed by atoms with E-state index in [1.54, 1.807) is 0 Å². The molecule has 0 aliphatic rings. The van der Waals surface area contributed by atoms with E-state index < -0.39 is 0 Å². The Labute approximate surface area is 99.9 Å². The number of hydrogen-bond donors (Lipinski definition) is 1. The van der Waals surface area contributed by atoms with Crippen LogP contribution in [0.2, 0.25) is 0 Å². The predicted molar refractivity (Wildman–Crippen MR) is 67.4 cm³/mol. The van der Waals surface area contributed by atoms with Gasteiger partial charge >= 0.3 is 0 Å². The molecule has 0 saturated heterocycles. The number of carbonyl (C=O) groups excluding carboxylic acids is 1. The van der Waals surface area contributed by atoms with Gasteiger partial charge in [0.1, 0.15) is 0 Å². The molecule has 0 bridgehead atoms. The minimum absolute atomic E-state index is 0.174. The average molecular weight is 229 g/mol. The highest BCUT2D eigenvalue weighted by Gasteiger charge is 2.03. The van der Waals surface area contributed by atoms with Crippen molar-refractivity contribution in [2.45, 2.75) is 59.5 Å². The second-order valence-corrected chi connectivity index (χ2v) is 4.93. The number of nitrogens with one attached hydrogen (secondary N) is 1. The monoisotopic (exact) mass is 229 g/mol. The maximum Gasteiger partial charge on any atom is 0.220 e. The van der Waals surface area contributed by atoms with Gasteiger partial charge in [0.2, 0.25) is 5.91 Å². The number of carbonyl (C=O) groups is 1. The Kier molecular flexibility index (Phi) is 9.30. The lowest BCUT2D eigenvalue weighted by atomic mass is 10.1. The molecule has 0 fully saturated rings. The third-order valence-corrected chi connectivity index (χ3v) is 2.19. The first kappa shape index (κ1) is 15.4. The lowest BCUT2D eigenvalue weighted by Gasteiger charge is -2.08. The topological polar surface area (TPSA) is 38.3 Å². The van der Waals surface area contributed by atoms with Crippen LogP contribution in [0.25, 0.3) is 0 Å². The van der Waals surface area contributed by atoms with Crippen LogP contribution in [0.4, 0.5) is 0 Å². The van der Waals surface area contributed by atoms with Crippen LogP contribution >= 0.6 is 0 Å². The van der Waals surface area contributed by atoms with Crippen LogP contribution in [0.1, 0.15) is 53.4 Å². The minimum atomic E-state index is 0.174. The van der Waals surface area contributed by atoms with Crippen molar-refractivity contribution in [1.82, 2.24) is 5.32 Å². The second-order valence-electron chi connectivity index (χ2n) is 4.93. The van der Waals surface area contributed by atoms with Crippen molar-refractivity contribution in [3.8, 4) is 0 Å². The summed E-state index contributed by atoms with van der Waals surface area (Å²) in [5.41, 5.74) is 0. The second kappa shape index (κ2) is 9.64. The van der Waals surface area contributed by atoms with Crippen molar-refractivity contribution in [2.75, 3.05) is 13.2 Å². The lowest BCUT2D eigenvalue weighted by molar-refractivity contribution is -0.121. The van der Waals surface area contributed by atoms with Gasteiger partial charge in [0.15, 0.2) is 0 Å². The van der Waals surface area contributed by atoms with E-state index in [1.807, 2.05) is 13.8 Å². The Morgan fingerprint density at radius 3 is 2.38 bits per heavy atom. The van der Waals surface area contributed by atoms with E-state index in [0.717, 1.165) is 32.4 Å². The average Bonchev–Trinajstić information content (AvgIpc) is 2.14. The quantitative estimate of drug-likeness (QED) is 0.617. The van der Waals surface area contributed by atoms with E-state index in [4.69, 9.17) is 4.74 Å². The first-order valence-electron chi connectivity index (χ1n) is 6.40. The molecule has 3 nitrogen and oxygen atoms in total. The fraction of sp³-hybridized carbons (Fsp3) is 0.923. The number of ether oxygens (including phenoxy) is 1. The van der Waals surface area contributed by atoms with E-state index in [1.165, 1.54) is 0 Å². The molecule has 0 aromatic rings. The molecule has 1 amide bonds. The van der Waals surface area contributed by atoms with Gasteiger partial charge in [0.05, 0.1) is 6.10 Å². The molecule has 16 heavy (non-hydrogen) atoms. The van der Waals surface area contributed by atoms with Crippen molar-refractivity contribution in [3.05, 3.63) is 0 Å². The first-order valence-corrected chi connectivity index (χ1v) is 6.40. The van der Waals surface area contributed by atoms with E-state index in [9.17, 15) is 4.79 Å². The van der Waals surface area contributed by atoms with Gasteiger partial charge in [-0.2, -0.15) is 0 Å². The summed E-state index contributed by atoms with van der Waals surface area (Å²) in [5.74, 6) is 0.618. The molecule has 0 aromatic heterocycles. The largest absolute Gasteiger partial charge is 0.379 e. The van der Waals surface area contributed by atoms with E-state index >= 15 is 0 Å². The highest BCUT2D eigenvalue weighted by atomic mass is 16.5. The van der Waals surface area contributed by atoms with Gasteiger partial charge in [-0.3, -0.25) is 4.79 Å². The van der Waals surface area contributed by atoms with Crippen molar-refractivity contribution >= 4 is 5.91 Å². The maximum absolute atomic E-state index is 11.3. The predicted octanol–water partition coefficient (Wildman–Crippen LogP) is 2.74. The van der Waals surface area contributed by atoms with Crippen LogP contribution in [-0.4, -0.2) is 25.2 Å². The highest BCUT2D eigenvalue weighted by Crippen LogP contribution is 2.00. The molecule has 0 aliphatic carbocycles. The van der Waals surface area contributed by atoms with Crippen molar-refractivity contribution in [3.63, 3.8) is 0 Å². The molecule has 0 saturated carbocycles. The van der Waals surface area contributed by atoms with Crippen LogP contribution in [0, 0.1) is 5.92 Å². The third kappa shape index (κ3) is 11.5. The van der Waals surface area contributed by atoms with E-state index in [2.05, 4.69) is 19.2 Å². The van der Waals surface area contributed by atoms with Gasteiger partial charge in [0.25, 0.3) is 0 Å². The molecule has 0 aliphatic heterocycles. The SMILES string of the molecule is CC(C)CC(=O)NCCCCCOC(C)C. The van der Waals surface area contributed by atoms with Crippen molar-refractivity contribution in [2.24, 2.45) is 5.92 Å². The molecule has 0 spiro atoms. The number of amides is 1. The summed E-state index contributed by atoms with van der Waals surface area (Å²) in [7, 11) is 0. The molecule has 1 N–H and O–H groups in total.